The summed E-state index contributed by atoms with van der Waals surface area (Å²) >= 11 is 0. The van der Waals surface area contributed by atoms with E-state index in [1.54, 1.807) is 31.0 Å². The first-order valence-corrected chi connectivity index (χ1v) is 6.37. The van der Waals surface area contributed by atoms with E-state index in [-0.39, 0.29) is 5.97 Å². The van der Waals surface area contributed by atoms with E-state index < -0.39 is 0 Å². The van der Waals surface area contributed by atoms with Crippen LogP contribution in [0.5, 0.6) is 0 Å². The van der Waals surface area contributed by atoms with E-state index in [1.165, 1.54) is 6.20 Å². The molecule has 0 saturated heterocycles. The zero-order valence-corrected chi connectivity index (χ0v) is 11.6. The average molecular weight is 275 g/mol. The van der Waals surface area contributed by atoms with Crippen LogP contribution in [-0.2, 0) is 29.7 Å². The third-order valence-corrected chi connectivity index (χ3v) is 2.81. The molecule has 0 aliphatic heterocycles. The van der Waals surface area contributed by atoms with E-state index in [9.17, 15) is 4.79 Å². The molecule has 20 heavy (non-hydrogen) atoms. The number of carbonyl (C=O) groups excluding carboxylic acids is 1. The minimum absolute atomic E-state index is 0.299. The van der Waals surface area contributed by atoms with Crippen molar-refractivity contribution in [2.75, 3.05) is 6.61 Å². The normalized spacial score (nSPS) is 10.5. The molecule has 2 aromatic heterocycles. The molecule has 0 spiro atoms. The molecule has 0 bridgehead atoms. The number of carbonyl (C=O) groups is 1. The Morgan fingerprint density at radius 2 is 2.05 bits per heavy atom. The van der Waals surface area contributed by atoms with E-state index in [4.69, 9.17) is 9.47 Å². The standard InChI is InChI=1S/C14H17N3O3/c1-3-20-14(18)12-8-16-17(2)13(12)10-19-9-11-4-6-15-7-5-11/h4-8H,3,9-10H2,1-2H3. The van der Waals surface area contributed by atoms with Gasteiger partial charge in [0.1, 0.15) is 5.56 Å². The lowest BCUT2D eigenvalue weighted by Gasteiger charge is -2.07. The molecule has 0 unspecified atom stereocenters. The molecule has 2 heterocycles. The van der Waals surface area contributed by atoms with E-state index in [0.29, 0.717) is 31.1 Å². The van der Waals surface area contributed by atoms with Crippen molar-refractivity contribution < 1.29 is 14.3 Å². The maximum Gasteiger partial charge on any atom is 0.341 e. The molecule has 2 rings (SSSR count). The summed E-state index contributed by atoms with van der Waals surface area (Å²) in [5, 5.41) is 4.07. The quantitative estimate of drug-likeness (QED) is 0.751. The largest absolute Gasteiger partial charge is 0.462 e. The Kier molecular flexibility index (Phi) is 4.84. The van der Waals surface area contributed by atoms with Gasteiger partial charge in [0.05, 0.1) is 31.7 Å². The highest BCUT2D eigenvalue weighted by molar-refractivity contribution is 5.90. The minimum Gasteiger partial charge on any atom is -0.462 e. The average Bonchev–Trinajstić information content (AvgIpc) is 2.82. The fraction of sp³-hybridized carbons (Fsp3) is 0.357. The van der Waals surface area contributed by atoms with Gasteiger partial charge in [0.15, 0.2) is 0 Å². The zero-order valence-electron chi connectivity index (χ0n) is 11.6. The first-order valence-electron chi connectivity index (χ1n) is 6.37. The number of nitrogens with zero attached hydrogens (tertiary/aromatic N) is 3. The van der Waals surface area contributed by atoms with Crippen molar-refractivity contribution >= 4 is 5.97 Å². The van der Waals surface area contributed by atoms with Gasteiger partial charge in [-0.25, -0.2) is 4.79 Å². The van der Waals surface area contributed by atoms with Gasteiger partial charge in [-0.3, -0.25) is 9.67 Å². The van der Waals surface area contributed by atoms with Crippen LogP contribution >= 0.6 is 0 Å². The van der Waals surface area contributed by atoms with E-state index in [2.05, 4.69) is 10.1 Å². The summed E-state index contributed by atoms with van der Waals surface area (Å²) in [6, 6.07) is 3.77. The van der Waals surface area contributed by atoms with Gasteiger partial charge in [0, 0.05) is 19.4 Å². The first kappa shape index (κ1) is 14.2. The van der Waals surface area contributed by atoms with E-state index >= 15 is 0 Å². The highest BCUT2D eigenvalue weighted by atomic mass is 16.5. The maximum absolute atomic E-state index is 11.8. The van der Waals surface area contributed by atoms with Crippen LogP contribution in [-0.4, -0.2) is 27.3 Å². The Balaban J connectivity index is 1.99. The molecule has 0 atom stereocenters. The molecular weight excluding hydrogens is 258 g/mol. The Labute approximate surface area is 117 Å². The summed E-state index contributed by atoms with van der Waals surface area (Å²) < 4.78 is 12.2. The number of pyridine rings is 1. The molecule has 0 aromatic carbocycles. The smallest absolute Gasteiger partial charge is 0.341 e. The lowest BCUT2D eigenvalue weighted by molar-refractivity contribution is 0.0515. The minimum atomic E-state index is -0.372. The van der Waals surface area contributed by atoms with Gasteiger partial charge < -0.3 is 9.47 Å². The molecular formula is C14H17N3O3. The van der Waals surface area contributed by atoms with E-state index in [0.717, 1.165) is 5.56 Å². The van der Waals surface area contributed by atoms with Crippen LogP contribution < -0.4 is 0 Å². The van der Waals surface area contributed by atoms with Gasteiger partial charge in [-0.15, -0.1) is 0 Å². The number of aromatic nitrogens is 3. The van der Waals surface area contributed by atoms with Crippen LogP contribution in [0, 0.1) is 0 Å². The predicted octanol–water partition coefficient (Wildman–Crippen LogP) is 1.71. The number of ether oxygens (including phenoxy) is 2. The first-order chi connectivity index (χ1) is 9.72. The van der Waals surface area contributed by atoms with Crippen molar-refractivity contribution in [3.05, 3.63) is 47.5 Å². The van der Waals surface area contributed by atoms with Crippen molar-refractivity contribution in [1.29, 1.82) is 0 Å². The molecule has 0 aliphatic carbocycles. The molecule has 0 amide bonds. The van der Waals surface area contributed by atoms with Gasteiger partial charge in [0.2, 0.25) is 0 Å². The molecule has 106 valence electrons. The highest BCUT2D eigenvalue weighted by Gasteiger charge is 2.17. The second kappa shape index (κ2) is 6.81. The van der Waals surface area contributed by atoms with Gasteiger partial charge in [-0.2, -0.15) is 5.10 Å². The molecule has 0 fully saturated rings. The van der Waals surface area contributed by atoms with Gasteiger partial charge in [-0.1, -0.05) is 0 Å². The third kappa shape index (κ3) is 3.42. The maximum atomic E-state index is 11.8. The van der Waals surface area contributed by atoms with Gasteiger partial charge in [0.25, 0.3) is 0 Å². The highest BCUT2D eigenvalue weighted by Crippen LogP contribution is 2.12. The molecule has 0 aliphatic rings. The molecule has 0 radical (unpaired) electrons. The Bertz CT molecular complexity index is 566. The van der Waals surface area contributed by atoms with Crippen LogP contribution in [0.25, 0.3) is 0 Å². The molecule has 2 aromatic rings. The van der Waals surface area contributed by atoms with Crippen molar-refractivity contribution in [2.45, 2.75) is 20.1 Å². The molecule has 0 saturated carbocycles. The summed E-state index contributed by atoms with van der Waals surface area (Å²) in [4.78, 5) is 15.7. The summed E-state index contributed by atoms with van der Waals surface area (Å²) in [7, 11) is 1.77. The predicted molar refractivity (Wildman–Crippen MR) is 71.9 cm³/mol. The van der Waals surface area contributed by atoms with Crippen LogP contribution in [0.4, 0.5) is 0 Å². The summed E-state index contributed by atoms with van der Waals surface area (Å²) in [5.41, 5.74) is 2.18. The topological polar surface area (TPSA) is 66.2 Å². The van der Waals surface area contributed by atoms with Gasteiger partial charge >= 0.3 is 5.97 Å². The fourth-order valence-electron chi connectivity index (χ4n) is 1.76. The number of esters is 1. The second-order valence-corrected chi connectivity index (χ2v) is 4.20. The van der Waals surface area contributed by atoms with Crippen LogP contribution in [0.1, 0.15) is 28.5 Å². The van der Waals surface area contributed by atoms with Crippen molar-refractivity contribution in [2.24, 2.45) is 7.05 Å². The van der Waals surface area contributed by atoms with Crippen LogP contribution in [0.3, 0.4) is 0 Å². The lowest BCUT2D eigenvalue weighted by atomic mass is 10.2. The molecule has 0 N–H and O–H groups in total. The van der Waals surface area contributed by atoms with Crippen LogP contribution in [0.15, 0.2) is 30.7 Å². The SMILES string of the molecule is CCOC(=O)c1cnn(C)c1COCc1ccncc1. The Hall–Kier alpha value is -2.21. The Morgan fingerprint density at radius 1 is 1.30 bits per heavy atom. The third-order valence-electron chi connectivity index (χ3n) is 2.81. The second-order valence-electron chi connectivity index (χ2n) is 4.20. The summed E-state index contributed by atoms with van der Waals surface area (Å²) in [6.07, 6.45) is 4.93. The van der Waals surface area contributed by atoms with Crippen LogP contribution in [0.2, 0.25) is 0 Å². The fourth-order valence-corrected chi connectivity index (χ4v) is 1.76. The summed E-state index contributed by atoms with van der Waals surface area (Å²) in [6.45, 7) is 2.86. The van der Waals surface area contributed by atoms with Crippen molar-refractivity contribution in [3.8, 4) is 0 Å². The van der Waals surface area contributed by atoms with E-state index in [1.807, 2.05) is 12.1 Å². The molecule has 6 nitrogen and oxygen atoms in total. The number of hydrogen-bond donors (Lipinski definition) is 0. The van der Waals surface area contributed by atoms with Crippen molar-refractivity contribution in [1.82, 2.24) is 14.8 Å². The summed E-state index contributed by atoms with van der Waals surface area (Å²) in [5.74, 6) is -0.372. The monoisotopic (exact) mass is 275 g/mol. The number of aryl methyl sites for hydroxylation is 1. The Morgan fingerprint density at radius 3 is 2.75 bits per heavy atom. The molecule has 6 heteroatoms. The number of hydrogen-bond acceptors (Lipinski definition) is 5. The van der Waals surface area contributed by atoms with Gasteiger partial charge in [-0.05, 0) is 24.6 Å². The lowest BCUT2D eigenvalue weighted by Crippen LogP contribution is -2.10. The zero-order chi connectivity index (χ0) is 14.4. The number of rotatable bonds is 6. The van der Waals surface area contributed by atoms with Crippen molar-refractivity contribution in [3.63, 3.8) is 0 Å².